The smallest absolute Gasteiger partial charge is 0.241 e. The number of rotatable bonds is 4. The lowest BCUT2D eigenvalue weighted by molar-refractivity contribution is -0.158. The van der Waals surface area contributed by atoms with Crippen molar-refractivity contribution in [2.45, 2.75) is 50.9 Å². The average molecular weight is 485 g/mol. The van der Waals surface area contributed by atoms with Gasteiger partial charge < -0.3 is 34.4 Å². The molecule has 5 rings (SSSR count). The molecule has 3 aliphatic rings. The molecule has 0 aliphatic carbocycles. The van der Waals surface area contributed by atoms with E-state index >= 15 is 0 Å². The summed E-state index contributed by atoms with van der Waals surface area (Å²) < 4.78 is 16.7. The van der Waals surface area contributed by atoms with Gasteiger partial charge in [-0.3, -0.25) is 9.69 Å². The molecule has 2 unspecified atom stereocenters. The van der Waals surface area contributed by atoms with E-state index in [1.807, 2.05) is 24.9 Å². The molecule has 2 aromatic carbocycles. The van der Waals surface area contributed by atoms with Crippen LogP contribution in [0.5, 0.6) is 28.7 Å². The number of hydrogen-bond donors (Lipinski definition) is 3. The average Bonchev–Trinajstić information content (AvgIpc) is 2.83. The number of piperazine rings is 1. The summed E-state index contributed by atoms with van der Waals surface area (Å²) in [5.41, 5.74) is 4.17. The van der Waals surface area contributed by atoms with Crippen LogP contribution in [0.4, 0.5) is 0 Å². The zero-order valence-electron chi connectivity index (χ0n) is 20.9. The van der Waals surface area contributed by atoms with Gasteiger partial charge in [0.05, 0.1) is 52.1 Å². The number of hydrogen-bond acceptors (Lipinski definition) is 8. The molecule has 1 fully saturated rings. The number of aromatic hydroxyl groups is 2. The number of aliphatic hydroxyl groups excluding tert-OH is 1. The molecular formula is C26H32N2O7. The summed E-state index contributed by atoms with van der Waals surface area (Å²) in [6.45, 7) is 3.28. The number of aryl methyl sites for hydroxylation is 1. The highest BCUT2D eigenvalue weighted by Crippen LogP contribution is 2.56. The molecule has 35 heavy (non-hydrogen) atoms. The van der Waals surface area contributed by atoms with Gasteiger partial charge in [0.25, 0.3) is 0 Å². The van der Waals surface area contributed by atoms with Crippen LogP contribution in [0.2, 0.25) is 0 Å². The molecule has 4 atom stereocenters. The van der Waals surface area contributed by atoms with Crippen LogP contribution in [-0.2, 0) is 17.6 Å². The molecule has 9 heteroatoms. The van der Waals surface area contributed by atoms with Crippen LogP contribution < -0.4 is 14.2 Å². The first-order valence-corrected chi connectivity index (χ1v) is 11.7. The number of methoxy groups -OCH3 is 3. The Kier molecular flexibility index (Phi) is 5.52. The Hall–Kier alpha value is -3.17. The predicted molar refractivity (Wildman–Crippen MR) is 128 cm³/mol. The highest BCUT2D eigenvalue weighted by atomic mass is 16.5. The summed E-state index contributed by atoms with van der Waals surface area (Å²) in [4.78, 5) is 17.6. The summed E-state index contributed by atoms with van der Waals surface area (Å²) in [6.07, 6.45) is 0.759. The fourth-order valence-corrected chi connectivity index (χ4v) is 6.61. The molecule has 3 N–H and O–H groups in total. The lowest BCUT2D eigenvalue weighted by Gasteiger charge is -2.57. The van der Waals surface area contributed by atoms with Gasteiger partial charge in [0, 0.05) is 22.3 Å². The first kappa shape index (κ1) is 23.6. The quantitative estimate of drug-likeness (QED) is 0.605. The van der Waals surface area contributed by atoms with Crippen molar-refractivity contribution >= 4 is 5.91 Å². The number of ether oxygens (including phenoxy) is 3. The first-order chi connectivity index (χ1) is 16.7. The molecule has 0 saturated carbocycles. The van der Waals surface area contributed by atoms with E-state index in [1.165, 1.54) is 21.3 Å². The van der Waals surface area contributed by atoms with Gasteiger partial charge in [-0.2, -0.15) is 0 Å². The van der Waals surface area contributed by atoms with Crippen LogP contribution >= 0.6 is 0 Å². The fraction of sp³-hybridized carbons (Fsp3) is 0.500. The van der Waals surface area contributed by atoms with Crippen LogP contribution in [0, 0.1) is 13.8 Å². The maximum Gasteiger partial charge on any atom is 0.241 e. The van der Waals surface area contributed by atoms with Crippen molar-refractivity contribution in [3.63, 3.8) is 0 Å². The van der Waals surface area contributed by atoms with Crippen molar-refractivity contribution in [1.82, 2.24) is 9.80 Å². The van der Waals surface area contributed by atoms with Gasteiger partial charge >= 0.3 is 0 Å². The van der Waals surface area contributed by atoms with Crippen molar-refractivity contribution in [1.29, 1.82) is 0 Å². The van der Waals surface area contributed by atoms with E-state index in [-0.39, 0.29) is 30.1 Å². The van der Waals surface area contributed by atoms with E-state index in [0.717, 1.165) is 16.7 Å². The molecule has 0 radical (unpaired) electrons. The number of aliphatic hydroxyl groups is 1. The van der Waals surface area contributed by atoms with Gasteiger partial charge in [-0.25, -0.2) is 0 Å². The Morgan fingerprint density at radius 2 is 1.63 bits per heavy atom. The van der Waals surface area contributed by atoms with Gasteiger partial charge in [0.1, 0.15) is 5.75 Å². The standard InChI is InChI=1S/C26H32N2O7/c1-11-7-13-8-16-26(32)28-15(20(27(16)3)18(13)22(31)23(11)33-4)9-14-19(17(28)10-29)25(35-6)24(34-5)12(2)21(14)30/h7,15-17,20,29-31H,8-10H2,1-6H3/t15?,16-,17-,20?/m0/s1. The number of phenols is 2. The molecule has 0 spiro atoms. The van der Waals surface area contributed by atoms with Crippen molar-refractivity contribution in [2.24, 2.45) is 0 Å². The fourth-order valence-electron chi connectivity index (χ4n) is 6.61. The zero-order chi connectivity index (χ0) is 25.3. The summed E-state index contributed by atoms with van der Waals surface area (Å²) in [5.74, 6) is 1.25. The van der Waals surface area contributed by atoms with E-state index in [9.17, 15) is 20.1 Å². The maximum atomic E-state index is 13.9. The zero-order valence-corrected chi connectivity index (χ0v) is 20.9. The number of carbonyl (C=O) groups excluding carboxylic acids is 1. The van der Waals surface area contributed by atoms with E-state index in [0.29, 0.717) is 46.8 Å². The Bertz CT molecular complexity index is 1230. The largest absolute Gasteiger partial charge is 0.507 e. The highest BCUT2D eigenvalue weighted by Gasteiger charge is 2.55. The normalized spacial score (nSPS) is 25.0. The second-order valence-corrected chi connectivity index (χ2v) is 9.63. The lowest BCUT2D eigenvalue weighted by Crippen LogP contribution is -2.66. The summed E-state index contributed by atoms with van der Waals surface area (Å²) in [7, 11) is 6.43. The van der Waals surface area contributed by atoms with Crippen molar-refractivity contribution in [2.75, 3.05) is 35.0 Å². The number of nitrogens with zero attached hydrogens (tertiary/aromatic N) is 2. The van der Waals surface area contributed by atoms with Crippen LogP contribution in [0.15, 0.2) is 6.07 Å². The molecule has 188 valence electrons. The van der Waals surface area contributed by atoms with Crippen LogP contribution in [0.25, 0.3) is 0 Å². The third-order valence-electron chi connectivity index (χ3n) is 8.09. The van der Waals surface area contributed by atoms with E-state index in [1.54, 1.807) is 11.8 Å². The number of likely N-dealkylation sites (N-methyl/N-ethyl adjacent to an activating group) is 1. The van der Waals surface area contributed by atoms with Gasteiger partial charge in [0.15, 0.2) is 23.0 Å². The van der Waals surface area contributed by atoms with Crippen molar-refractivity contribution in [3.05, 3.63) is 39.4 Å². The predicted octanol–water partition coefficient (Wildman–Crippen LogP) is 2.14. The number of phenolic OH excluding ortho intramolecular Hbond substituents is 2. The molecule has 9 nitrogen and oxygen atoms in total. The second-order valence-electron chi connectivity index (χ2n) is 9.63. The van der Waals surface area contributed by atoms with E-state index in [4.69, 9.17) is 14.2 Å². The van der Waals surface area contributed by atoms with Crippen LogP contribution in [-0.4, -0.2) is 78.1 Å². The maximum absolute atomic E-state index is 13.9. The molecule has 1 saturated heterocycles. The van der Waals surface area contributed by atoms with Gasteiger partial charge in [-0.05, 0) is 44.9 Å². The topological polar surface area (TPSA) is 112 Å². The monoisotopic (exact) mass is 484 g/mol. The van der Waals surface area contributed by atoms with Crippen molar-refractivity contribution in [3.8, 4) is 28.7 Å². The van der Waals surface area contributed by atoms with Gasteiger partial charge in [0.2, 0.25) is 5.91 Å². The van der Waals surface area contributed by atoms with E-state index in [2.05, 4.69) is 0 Å². The number of fused-ring (bicyclic) bond motifs is 7. The van der Waals surface area contributed by atoms with Crippen LogP contribution in [0.3, 0.4) is 0 Å². The third kappa shape index (κ3) is 2.97. The first-order valence-electron chi connectivity index (χ1n) is 11.7. The Labute approximate surface area is 204 Å². The van der Waals surface area contributed by atoms with E-state index < -0.39 is 18.1 Å². The Morgan fingerprint density at radius 1 is 0.971 bits per heavy atom. The molecule has 1 amide bonds. The lowest BCUT2D eigenvalue weighted by atomic mass is 9.73. The minimum atomic E-state index is -0.735. The SMILES string of the molecule is COc1c(C)cc2c(c1O)C1C3Cc4c(O)c(C)c(OC)c(OC)c4[C@H](CO)N3C(=O)[C@H](C2)N1C. The molecular weight excluding hydrogens is 452 g/mol. The second kappa shape index (κ2) is 8.20. The highest BCUT2D eigenvalue weighted by molar-refractivity contribution is 5.86. The molecule has 2 aromatic rings. The number of benzene rings is 2. The van der Waals surface area contributed by atoms with Gasteiger partial charge in [-0.1, -0.05) is 6.07 Å². The summed E-state index contributed by atoms with van der Waals surface area (Å²) in [6, 6.07) is 0.0135. The summed E-state index contributed by atoms with van der Waals surface area (Å²) >= 11 is 0. The molecule has 3 heterocycles. The molecule has 3 aliphatic heterocycles. The molecule has 2 bridgehead atoms. The third-order valence-corrected chi connectivity index (χ3v) is 8.09. The van der Waals surface area contributed by atoms with Crippen LogP contribution in [0.1, 0.15) is 45.5 Å². The molecule has 0 aromatic heterocycles. The van der Waals surface area contributed by atoms with Gasteiger partial charge in [-0.15, -0.1) is 0 Å². The minimum Gasteiger partial charge on any atom is -0.507 e. The van der Waals surface area contributed by atoms with Crippen molar-refractivity contribution < 1.29 is 34.3 Å². The number of carbonyl (C=O) groups is 1. The Morgan fingerprint density at radius 3 is 2.23 bits per heavy atom. The number of amides is 1. The summed E-state index contributed by atoms with van der Waals surface area (Å²) in [5, 5.41) is 33.1. The Balaban J connectivity index is 1.77. The minimum absolute atomic E-state index is 0.0646.